The van der Waals surface area contributed by atoms with Crippen molar-refractivity contribution in [1.82, 2.24) is 15.2 Å². The van der Waals surface area contributed by atoms with Crippen LogP contribution >= 0.6 is 11.3 Å². The van der Waals surface area contributed by atoms with Crippen molar-refractivity contribution < 1.29 is 9.47 Å². The zero-order valence-corrected chi connectivity index (χ0v) is 14.0. The van der Waals surface area contributed by atoms with E-state index in [1.165, 1.54) is 0 Å². The molecule has 4 rings (SSSR count). The molecule has 0 N–H and O–H groups in total. The normalized spacial score (nSPS) is 23.3. The number of hydrogen-bond donors (Lipinski definition) is 0. The van der Waals surface area contributed by atoms with Gasteiger partial charge in [-0.1, -0.05) is 11.3 Å². The van der Waals surface area contributed by atoms with Crippen molar-refractivity contribution in [2.75, 3.05) is 24.6 Å². The van der Waals surface area contributed by atoms with Gasteiger partial charge in [-0.2, -0.15) is 0 Å². The van der Waals surface area contributed by atoms with Crippen molar-refractivity contribution in [3.05, 3.63) is 29.5 Å². The summed E-state index contributed by atoms with van der Waals surface area (Å²) in [6.07, 6.45) is 6.60. The fourth-order valence-corrected chi connectivity index (χ4v) is 4.09. The number of anilines is 1. The van der Waals surface area contributed by atoms with E-state index in [0.29, 0.717) is 6.61 Å². The van der Waals surface area contributed by atoms with Gasteiger partial charge in [0, 0.05) is 25.7 Å². The van der Waals surface area contributed by atoms with Gasteiger partial charge in [0.15, 0.2) is 0 Å². The molecule has 2 aliphatic rings. The Labute approximate surface area is 139 Å². The lowest BCUT2D eigenvalue weighted by molar-refractivity contribution is -0.0162. The van der Waals surface area contributed by atoms with E-state index < -0.39 is 0 Å². The highest BCUT2D eigenvalue weighted by molar-refractivity contribution is 7.15. The smallest absolute Gasteiger partial charge is 0.208 e. The lowest BCUT2D eigenvalue weighted by Crippen LogP contribution is -2.44. The Balaban J connectivity index is 1.34. The molecule has 7 heteroatoms. The Bertz CT molecular complexity index is 655. The van der Waals surface area contributed by atoms with Gasteiger partial charge >= 0.3 is 0 Å². The standard InChI is InChI=1S/C16H20N4O2S/c1-12-18-19-15(23-12)20-7-4-16(5-8-20)9-14(11-21-16)22-13-3-2-6-17-10-13/h2-3,6,10,14H,4-5,7-9,11H2,1H3. The molecule has 0 amide bonds. The lowest BCUT2D eigenvalue weighted by Gasteiger charge is -2.38. The SMILES string of the molecule is Cc1nnc(N2CCC3(CC2)CC(Oc2cccnc2)CO3)s1. The predicted molar refractivity (Wildman–Crippen MR) is 88.0 cm³/mol. The van der Waals surface area contributed by atoms with Crippen LogP contribution in [-0.4, -0.2) is 46.6 Å². The number of ether oxygens (including phenoxy) is 2. The van der Waals surface area contributed by atoms with Crippen LogP contribution < -0.4 is 9.64 Å². The van der Waals surface area contributed by atoms with Crippen LogP contribution in [-0.2, 0) is 4.74 Å². The topological polar surface area (TPSA) is 60.4 Å². The molecule has 1 unspecified atom stereocenters. The summed E-state index contributed by atoms with van der Waals surface area (Å²) in [5.41, 5.74) is -0.0386. The number of hydrogen-bond acceptors (Lipinski definition) is 7. The van der Waals surface area contributed by atoms with Gasteiger partial charge < -0.3 is 14.4 Å². The Morgan fingerprint density at radius 2 is 2.22 bits per heavy atom. The first kappa shape index (κ1) is 14.8. The van der Waals surface area contributed by atoms with E-state index in [1.54, 1.807) is 23.7 Å². The summed E-state index contributed by atoms with van der Waals surface area (Å²) in [4.78, 5) is 6.41. The number of pyridine rings is 1. The van der Waals surface area contributed by atoms with Gasteiger partial charge in [-0.05, 0) is 31.9 Å². The summed E-state index contributed by atoms with van der Waals surface area (Å²) in [7, 11) is 0. The van der Waals surface area contributed by atoms with Crippen molar-refractivity contribution in [3.63, 3.8) is 0 Å². The van der Waals surface area contributed by atoms with Gasteiger partial charge in [0.05, 0.1) is 18.4 Å². The molecule has 0 aliphatic carbocycles. The summed E-state index contributed by atoms with van der Waals surface area (Å²) in [5.74, 6) is 0.819. The molecule has 2 aromatic rings. The van der Waals surface area contributed by atoms with Gasteiger partial charge in [-0.15, -0.1) is 10.2 Å². The minimum absolute atomic E-state index is 0.0386. The van der Waals surface area contributed by atoms with Crippen LogP contribution in [0.25, 0.3) is 0 Å². The number of nitrogens with zero attached hydrogens (tertiary/aromatic N) is 4. The minimum atomic E-state index is -0.0386. The average Bonchev–Trinajstić information content (AvgIpc) is 3.17. The lowest BCUT2D eigenvalue weighted by atomic mass is 9.88. The van der Waals surface area contributed by atoms with Crippen LogP contribution in [0, 0.1) is 6.92 Å². The second-order valence-electron chi connectivity index (χ2n) is 6.22. The van der Waals surface area contributed by atoms with Crippen LogP contribution in [0.3, 0.4) is 0 Å². The van der Waals surface area contributed by atoms with Crippen LogP contribution in [0.2, 0.25) is 0 Å². The summed E-state index contributed by atoms with van der Waals surface area (Å²) in [5, 5.41) is 10.4. The fraction of sp³-hybridized carbons (Fsp3) is 0.562. The summed E-state index contributed by atoms with van der Waals surface area (Å²) in [6.45, 7) is 4.59. The quantitative estimate of drug-likeness (QED) is 0.860. The first-order chi connectivity index (χ1) is 11.2. The molecule has 2 aromatic heterocycles. The molecule has 6 nitrogen and oxygen atoms in total. The molecule has 0 radical (unpaired) electrons. The maximum atomic E-state index is 6.15. The summed E-state index contributed by atoms with van der Waals surface area (Å²) in [6, 6.07) is 3.84. The molecule has 1 atom stereocenters. The number of aryl methyl sites for hydroxylation is 1. The van der Waals surface area contributed by atoms with E-state index in [4.69, 9.17) is 9.47 Å². The zero-order valence-electron chi connectivity index (χ0n) is 13.1. The molecule has 1 spiro atoms. The second kappa shape index (κ2) is 6.05. The maximum Gasteiger partial charge on any atom is 0.208 e. The monoisotopic (exact) mass is 332 g/mol. The Morgan fingerprint density at radius 1 is 1.35 bits per heavy atom. The van der Waals surface area contributed by atoms with Crippen molar-refractivity contribution in [2.24, 2.45) is 0 Å². The van der Waals surface area contributed by atoms with Crippen LogP contribution in [0.1, 0.15) is 24.3 Å². The first-order valence-corrected chi connectivity index (χ1v) is 8.80. The molecule has 2 aliphatic heterocycles. The van der Waals surface area contributed by atoms with E-state index in [1.807, 2.05) is 19.1 Å². The molecule has 0 saturated carbocycles. The average molecular weight is 332 g/mol. The first-order valence-electron chi connectivity index (χ1n) is 7.98. The van der Waals surface area contributed by atoms with Gasteiger partial charge in [0.25, 0.3) is 0 Å². The van der Waals surface area contributed by atoms with E-state index in [-0.39, 0.29) is 11.7 Å². The number of piperidine rings is 1. The predicted octanol–water partition coefficient (Wildman–Crippen LogP) is 2.45. The van der Waals surface area contributed by atoms with Gasteiger partial charge in [-0.3, -0.25) is 4.98 Å². The highest BCUT2D eigenvalue weighted by Crippen LogP contribution is 2.38. The molecular formula is C16H20N4O2S. The summed E-state index contributed by atoms with van der Waals surface area (Å²) < 4.78 is 12.1. The molecular weight excluding hydrogens is 312 g/mol. The Kier molecular flexibility index (Phi) is 3.90. The van der Waals surface area contributed by atoms with E-state index in [2.05, 4.69) is 20.1 Å². The van der Waals surface area contributed by atoms with E-state index in [9.17, 15) is 0 Å². The van der Waals surface area contributed by atoms with E-state index in [0.717, 1.165) is 48.2 Å². The highest BCUT2D eigenvalue weighted by atomic mass is 32.1. The van der Waals surface area contributed by atoms with Gasteiger partial charge in [-0.25, -0.2) is 0 Å². The molecule has 0 aromatic carbocycles. The Morgan fingerprint density at radius 3 is 2.91 bits per heavy atom. The molecule has 0 bridgehead atoms. The summed E-state index contributed by atoms with van der Waals surface area (Å²) >= 11 is 1.66. The number of aromatic nitrogens is 3. The Hall–Kier alpha value is -1.73. The van der Waals surface area contributed by atoms with E-state index >= 15 is 0 Å². The molecule has 2 fully saturated rings. The molecule has 122 valence electrons. The molecule has 2 saturated heterocycles. The maximum absolute atomic E-state index is 6.15. The van der Waals surface area contributed by atoms with Gasteiger partial charge in [0.1, 0.15) is 16.9 Å². The van der Waals surface area contributed by atoms with Crippen LogP contribution in [0.5, 0.6) is 5.75 Å². The van der Waals surface area contributed by atoms with Crippen LogP contribution in [0.4, 0.5) is 5.13 Å². The number of rotatable bonds is 3. The third-order valence-corrected chi connectivity index (χ3v) is 5.47. The van der Waals surface area contributed by atoms with Crippen molar-refractivity contribution in [1.29, 1.82) is 0 Å². The molecule has 4 heterocycles. The fourth-order valence-electron chi connectivity index (χ4n) is 3.36. The third-order valence-electron chi connectivity index (χ3n) is 4.57. The highest BCUT2D eigenvalue weighted by Gasteiger charge is 2.44. The molecule has 23 heavy (non-hydrogen) atoms. The van der Waals surface area contributed by atoms with Crippen LogP contribution in [0.15, 0.2) is 24.5 Å². The van der Waals surface area contributed by atoms with Crippen molar-refractivity contribution in [3.8, 4) is 5.75 Å². The second-order valence-corrected chi connectivity index (χ2v) is 7.38. The largest absolute Gasteiger partial charge is 0.486 e. The van der Waals surface area contributed by atoms with Gasteiger partial charge in [0.2, 0.25) is 5.13 Å². The van der Waals surface area contributed by atoms with Crippen molar-refractivity contribution >= 4 is 16.5 Å². The third kappa shape index (κ3) is 3.16. The van der Waals surface area contributed by atoms with Crippen molar-refractivity contribution in [2.45, 2.75) is 37.9 Å². The zero-order chi connectivity index (χ0) is 15.7. The minimum Gasteiger partial charge on any atom is -0.486 e.